The van der Waals surface area contributed by atoms with Gasteiger partial charge in [0.15, 0.2) is 0 Å². The van der Waals surface area contributed by atoms with Crippen molar-refractivity contribution >= 4 is 25.0 Å². The van der Waals surface area contributed by atoms with E-state index >= 15 is 0 Å². The number of hydrogen-bond acceptors (Lipinski definition) is 8. The first-order valence-corrected chi connectivity index (χ1v) is 12.5. The SMILES string of the molecule is C=C.C=N/C=C(\C=C/C)NCN/C=C/C=C(C)C.C=NN1C=C(CN2CCC(O)CC2)C=C(Cl)C1.CO. The van der Waals surface area contributed by atoms with Gasteiger partial charge in [-0.25, -0.2) is 0 Å². The summed E-state index contributed by atoms with van der Waals surface area (Å²) >= 11 is 6.06. The number of allylic oxidation sites excluding steroid dienone is 5. The first-order valence-electron chi connectivity index (χ1n) is 12.1. The molecule has 37 heavy (non-hydrogen) atoms. The quantitative estimate of drug-likeness (QED) is 0.108. The minimum atomic E-state index is -0.128. The first kappa shape index (κ1) is 36.2. The second-order valence-corrected chi connectivity index (χ2v) is 8.45. The summed E-state index contributed by atoms with van der Waals surface area (Å²) in [5.74, 6) is 0. The van der Waals surface area contributed by atoms with Crippen molar-refractivity contribution in [3.63, 3.8) is 0 Å². The zero-order chi connectivity index (χ0) is 28.5. The van der Waals surface area contributed by atoms with E-state index in [0.717, 1.165) is 55.9 Å². The van der Waals surface area contributed by atoms with E-state index in [4.69, 9.17) is 16.7 Å². The largest absolute Gasteiger partial charge is 0.400 e. The van der Waals surface area contributed by atoms with Gasteiger partial charge in [0, 0.05) is 50.9 Å². The lowest BCUT2D eigenvalue weighted by Crippen LogP contribution is -2.37. The summed E-state index contributed by atoms with van der Waals surface area (Å²) in [6.07, 6.45) is 17.0. The van der Waals surface area contributed by atoms with Crippen LogP contribution < -0.4 is 10.6 Å². The molecule has 0 aromatic rings. The maximum atomic E-state index is 9.45. The monoisotopic (exact) mass is 534 g/mol. The Morgan fingerprint density at radius 3 is 2.41 bits per heavy atom. The first-order chi connectivity index (χ1) is 17.9. The van der Waals surface area contributed by atoms with Gasteiger partial charge in [-0.2, -0.15) is 5.10 Å². The van der Waals surface area contributed by atoms with Crippen molar-refractivity contribution in [2.24, 2.45) is 10.1 Å². The van der Waals surface area contributed by atoms with Crippen LogP contribution in [0.5, 0.6) is 0 Å². The van der Waals surface area contributed by atoms with Crippen LogP contribution in [0.4, 0.5) is 0 Å². The van der Waals surface area contributed by atoms with Crippen molar-refractivity contribution in [1.82, 2.24) is 20.5 Å². The average molecular weight is 535 g/mol. The molecule has 0 aliphatic carbocycles. The number of nitrogens with one attached hydrogen (secondary N) is 2. The van der Waals surface area contributed by atoms with Crippen LogP contribution in [0.3, 0.4) is 0 Å². The Labute approximate surface area is 229 Å². The number of aliphatic hydroxyl groups is 2. The molecule has 2 aliphatic heterocycles. The summed E-state index contributed by atoms with van der Waals surface area (Å²) in [7, 11) is 1.00. The number of nitrogens with zero attached hydrogens (tertiary/aromatic N) is 4. The number of halogens is 1. The molecule has 0 aromatic heterocycles. The van der Waals surface area contributed by atoms with Crippen LogP contribution in [0.2, 0.25) is 0 Å². The van der Waals surface area contributed by atoms with E-state index in [9.17, 15) is 5.11 Å². The average Bonchev–Trinajstić information content (AvgIpc) is 2.90. The molecule has 208 valence electrons. The topological polar surface area (TPSA) is 95.7 Å². The van der Waals surface area contributed by atoms with Gasteiger partial charge in [0.25, 0.3) is 0 Å². The number of likely N-dealkylation sites (tertiary alicyclic amines) is 1. The van der Waals surface area contributed by atoms with Gasteiger partial charge in [-0.3, -0.25) is 14.9 Å². The van der Waals surface area contributed by atoms with Gasteiger partial charge in [0.1, 0.15) is 0 Å². The smallest absolute Gasteiger partial charge is 0.0845 e. The van der Waals surface area contributed by atoms with Gasteiger partial charge in [-0.15, -0.1) is 13.2 Å². The highest BCUT2D eigenvalue weighted by molar-refractivity contribution is 6.30. The lowest BCUT2D eigenvalue weighted by Gasteiger charge is -2.31. The fourth-order valence-corrected chi connectivity index (χ4v) is 3.40. The molecule has 4 N–H and O–H groups in total. The molecule has 1 fully saturated rings. The maximum Gasteiger partial charge on any atom is 0.0845 e. The van der Waals surface area contributed by atoms with Crippen molar-refractivity contribution in [3.8, 4) is 0 Å². The molecule has 0 bridgehead atoms. The van der Waals surface area contributed by atoms with Crippen LogP contribution >= 0.6 is 11.6 Å². The lowest BCUT2D eigenvalue weighted by molar-refractivity contribution is 0.0870. The molecule has 2 heterocycles. The molecule has 0 unspecified atom stereocenters. The number of aliphatic imine (C=N–C) groups is 1. The van der Waals surface area contributed by atoms with Crippen molar-refractivity contribution in [1.29, 1.82) is 0 Å². The van der Waals surface area contributed by atoms with Gasteiger partial charge in [-0.1, -0.05) is 29.3 Å². The van der Waals surface area contributed by atoms with Crippen LogP contribution in [-0.4, -0.2) is 79.6 Å². The Morgan fingerprint density at radius 1 is 1.22 bits per heavy atom. The van der Waals surface area contributed by atoms with E-state index in [-0.39, 0.29) is 6.10 Å². The predicted octanol–water partition coefficient (Wildman–Crippen LogP) is 4.51. The van der Waals surface area contributed by atoms with Gasteiger partial charge >= 0.3 is 0 Å². The third kappa shape index (κ3) is 19.9. The standard InChI is InChI=1S/C13H21N3.C12H18ClN3O.C2H4.CH4O/c1-5-7-13(10-14-4)16-11-15-9-6-8-12(2)3;1-14-16-8-10(6-11(13)9-16)7-15-4-2-12(17)3-5-15;2*1-2/h5-10,15-16H,4,11H2,1-3H3;6,8,12,17H,1-5,7,9H2;1-2H2;2H,1H3/b7-5-,9-6+,13-10+;;;. The highest BCUT2D eigenvalue weighted by atomic mass is 35.5. The number of aliphatic hydroxyl groups excluding tert-OH is 2. The highest BCUT2D eigenvalue weighted by Crippen LogP contribution is 2.19. The summed E-state index contributed by atoms with van der Waals surface area (Å²) in [5.41, 5.74) is 3.35. The fourth-order valence-electron chi connectivity index (χ4n) is 3.13. The van der Waals surface area contributed by atoms with Crippen LogP contribution in [0.25, 0.3) is 0 Å². The molecule has 8 nitrogen and oxygen atoms in total. The van der Waals surface area contributed by atoms with Crippen LogP contribution in [-0.2, 0) is 0 Å². The second-order valence-electron chi connectivity index (χ2n) is 7.97. The van der Waals surface area contributed by atoms with Crippen molar-refractivity contribution in [2.75, 3.05) is 40.0 Å². The zero-order valence-corrected chi connectivity index (χ0v) is 23.8. The molecule has 0 saturated carbocycles. The third-order valence-electron chi connectivity index (χ3n) is 4.73. The molecular weight excluding hydrogens is 488 g/mol. The zero-order valence-electron chi connectivity index (χ0n) is 23.0. The van der Waals surface area contributed by atoms with Crippen LogP contribution in [0.1, 0.15) is 33.6 Å². The Bertz CT molecular complexity index is 805. The predicted molar refractivity (Wildman–Crippen MR) is 162 cm³/mol. The summed E-state index contributed by atoms with van der Waals surface area (Å²) in [5, 5.41) is 29.1. The minimum absolute atomic E-state index is 0.128. The van der Waals surface area contributed by atoms with Gasteiger partial charge in [-0.05, 0) is 70.3 Å². The molecular formula is C28H47ClN6O2. The Balaban J connectivity index is 0. The Morgan fingerprint density at radius 2 is 1.86 bits per heavy atom. The maximum absolute atomic E-state index is 9.45. The molecule has 2 aliphatic rings. The van der Waals surface area contributed by atoms with Crippen molar-refractivity contribution in [3.05, 3.63) is 84.0 Å². The fraction of sp³-hybridized carbons (Fsp3) is 0.429. The van der Waals surface area contributed by atoms with E-state index in [1.54, 1.807) is 11.2 Å². The number of hydrazone groups is 1. The molecule has 0 spiro atoms. The van der Waals surface area contributed by atoms with E-state index in [1.807, 2.05) is 49.7 Å². The second kappa shape index (κ2) is 24.8. The molecule has 1 saturated heterocycles. The number of rotatable bonds is 10. The molecule has 9 heteroatoms. The Kier molecular flexibility index (Phi) is 24.3. The normalized spacial score (nSPS) is 16.1. The number of hydrogen-bond donors (Lipinski definition) is 4. The summed E-state index contributed by atoms with van der Waals surface area (Å²) in [6.45, 7) is 23.0. The van der Waals surface area contributed by atoms with Gasteiger partial charge in [0.2, 0.25) is 0 Å². The molecule has 0 atom stereocenters. The van der Waals surface area contributed by atoms with Crippen molar-refractivity contribution in [2.45, 2.75) is 39.7 Å². The van der Waals surface area contributed by atoms with Gasteiger partial charge < -0.3 is 20.8 Å². The van der Waals surface area contributed by atoms with Crippen LogP contribution in [0.15, 0.2) is 94.1 Å². The summed E-state index contributed by atoms with van der Waals surface area (Å²) < 4.78 is 0. The minimum Gasteiger partial charge on any atom is -0.400 e. The van der Waals surface area contributed by atoms with E-state index in [0.29, 0.717) is 13.2 Å². The third-order valence-corrected chi connectivity index (χ3v) is 4.96. The van der Waals surface area contributed by atoms with E-state index in [2.05, 4.69) is 66.1 Å². The van der Waals surface area contributed by atoms with Crippen LogP contribution in [0, 0.1) is 0 Å². The van der Waals surface area contributed by atoms with Gasteiger partial charge in [0.05, 0.1) is 25.0 Å². The Hall–Kier alpha value is -2.91. The summed E-state index contributed by atoms with van der Waals surface area (Å²) in [4.78, 5) is 6.04. The molecule has 2 rings (SSSR count). The van der Waals surface area contributed by atoms with E-state index in [1.165, 1.54) is 5.57 Å². The van der Waals surface area contributed by atoms with Crippen molar-refractivity contribution < 1.29 is 10.2 Å². The van der Waals surface area contributed by atoms with E-state index < -0.39 is 0 Å². The number of piperidine rings is 1. The lowest BCUT2D eigenvalue weighted by atomic mass is 10.1. The highest BCUT2D eigenvalue weighted by Gasteiger charge is 2.18. The molecule has 0 radical (unpaired) electrons. The molecule has 0 amide bonds. The summed E-state index contributed by atoms with van der Waals surface area (Å²) in [6, 6.07) is 0. The molecule has 0 aromatic carbocycles.